The van der Waals surface area contributed by atoms with E-state index in [1.54, 1.807) is 0 Å². The van der Waals surface area contributed by atoms with Crippen molar-refractivity contribution in [2.75, 3.05) is 12.3 Å². The van der Waals surface area contributed by atoms with Gasteiger partial charge in [0.25, 0.3) is 0 Å². The topological polar surface area (TPSA) is 43.1 Å². The van der Waals surface area contributed by atoms with Gasteiger partial charge in [0, 0.05) is 21.8 Å². The van der Waals surface area contributed by atoms with Crippen molar-refractivity contribution in [3.63, 3.8) is 0 Å². The smallest absolute Gasteiger partial charge is 0.0331 e. The second-order valence-corrected chi connectivity index (χ2v) is 4.45. The standard InChI is InChI=1S/C7H17NOS/c1-3-6-10(9)7(2)4-5-8/h7H,3-6,8H2,1-2H3. The van der Waals surface area contributed by atoms with E-state index in [1.165, 1.54) is 0 Å². The summed E-state index contributed by atoms with van der Waals surface area (Å²) in [5, 5.41) is 0.282. The quantitative estimate of drug-likeness (QED) is 0.654. The second-order valence-electron chi connectivity index (χ2n) is 2.47. The third-order valence-electron chi connectivity index (χ3n) is 1.43. The first kappa shape index (κ1) is 10.1. The minimum absolute atomic E-state index is 0.282. The molecule has 0 amide bonds. The van der Waals surface area contributed by atoms with E-state index in [2.05, 4.69) is 0 Å². The molecule has 0 spiro atoms. The molecule has 0 rings (SSSR count). The Morgan fingerprint density at radius 3 is 2.60 bits per heavy atom. The highest BCUT2D eigenvalue weighted by molar-refractivity contribution is 7.85. The van der Waals surface area contributed by atoms with E-state index in [0.717, 1.165) is 18.6 Å². The second kappa shape index (κ2) is 5.86. The van der Waals surface area contributed by atoms with Crippen LogP contribution < -0.4 is 5.73 Å². The molecule has 10 heavy (non-hydrogen) atoms. The molecular formula is C7H17NOS. The normalized spacial score (nSPS) is 16.7. The van der Waals surface area contributed by atoms with Crippen LogP contribution in [-0.2, 0) is 10.8 Å². The van der Waals surface area contributed by atoms with Gasteiger partial charge in [-0.1, -0.05) is 13.8 Å². The summed E-state index contributed by atoms with van der Waals surface area (Å²) in [4.78, 5) is 0. The summed E-state index contributed by atoms with van der Waals surface area (Å²) in [6.07, 6.45) is 1.88. The van der Waals surface area contributed by atoms with Crippen molar-refractivity contribution in [2.45, 2.75) is 31.9 Å². The molecule has 0 aromatic carbocycles. The maximum Gasteiger partial charge on any atom is 0.0331 e. The molecule has 0 aliphatic rings. The molecule has 2 unspecified atom stereocenters. The Hall–Kier alpha value is 0.110. The first-order valence-corrected chi connectivity index (χ1v) is 5.17. The lowest BCUT2D eigenvalue weighted by Crippen LogP contribution is -2.17. The van der Waals surface area contributed by atoms with Crippen molar-refractivity contribution in [3.8, 4) is 0 Å². The van der Waals surface area contributed by atoms with Gasteiger partial charge < -0.3 is 5.73 Å². The van der Waals surface area contributed by atoms with Crippen molar-refractivity contribution in [3.05, 3.63) is 0 Å². The van der Waals surface area contributed by atoms with Crippen LogP contribution in [0.2, 0.25) is 0 Å². The zero-order chi connectivity index (χ0) is 7.98. The van der Waals surface area contributed by atoms with Gasteiger partial charge in [0.05, 0.1) is 0 Å². The van der Waals surface area contributed by atoms with Crippen LogP contribution in [0.25, 0.3) is 0 Å². The third-order valence-corrected chi connectivity index (χ3v) is 3.37. The highest BCUT2D eigenvalue weighted by atomic mass is 32.2. The summed E-state index contributed by atoms with van der Waals surface area (Å²) in [7, 11) is -0.645. The molecule has 2 N–H and O–H groups in total. The molecule has 0 radical (unpaired) electrons. The Bertz CT molecular complexity index is 106. The highest BCUT2D eigenvalue weighted by Crippen LogP contribution is 2.01. The fourth-order valence-corrected chi connectivity index (χ4v) is 1.97. The number of hydrogen-bond acceptors (Lipinski definition) is 2. The van der Waals surface area contributed by atoms with Crippen LogP contribution in [0.1, 0.15) is 26.7 Å². The number of nitrogens with two attached hydrogens (primary N) is 1. The van der Waals surface area contributed by atoms with E-state index in [1.807, 2.05) is 13.8 Å². The zero-order valence-corrected chi connectivity index (χ0v) is 7.62. The van der Waals surface area contributed by atoms with Crippen molar-refractivity contribution in [1.29, 1.82) is 0 Å². The molecule has 0 saturated carbocycles. The van der Waals surface area contributed by atoms with Crippen LogP contribution in [0.5, 0.6) is 0 Å². The lowest BCUT2D eigenvalue weighted by Gasteiger charge is -2.07. The van der Waals surface area contributed by atoms with Crippen molar-refractivity contribution in [1.82, 2.24) is 0 Å². The zero-order valence-electron chi connectivity index (χ0n) is 6.80. The third kappa shape index (κ3) is 4.01. The van der Waals surface area contributed by atoms with Gasteiger partial charge in [0.1, 0.15) is 0 Å². The average Bonchev–Trinajstić information content (AvgIpc) is 1.89. The summed E-state index contributed by atoms with van der Waals surface area (Å²) in [5.41, 5.74) is 5.33. The fourth-order valence-electron chi connectivity index (χ4n) is 0.769. The molecule has 0 saturated heterocycles. The van der Waals surface area contributed by atoms with Crippen LogP contribution in [0.15, 0.2) is 0 Å². The van der Waals surface area contributed by atoms with Crippen molar-refractivity contribution >= 4 is 10.8 Å². The molecular weight excluding hydrogens is 146 g/mol. The molecule has 0 fully saturated rings. The Labute approximate surface area is 65.6 Å². The number of rotatable bonds is 5. The van der Waals surface area contributed by atoms with Gasteiger partial charge in [-0.2, -0.15) is 0 Å². The lowest BCUT2D eigenvalue weighted by molar-refractivity contribution is 0.664. The molecule has 0 bridgehead atoms. The van der Waals surface area contributed by atoms with Gasteiger partial charge in [0.15, 0.2) is 0 Å². The van der Waals surface area contributed by atoms with E-state index in [0.29, 0.717) is 6.54 Å². The van der Waals surface area contributed by atoms with Gasteiger partial charge in [-0.05, 0) is 19.4 Å². The van der Waals surface area contributed by atoms with Crippen LogP contribution in [0.3, 0.4) is 0 Å². The van der Waals surface area contributed by atoms with Gasteiger partial charge >= 0.3 is 0 Å². The van der Waals surface area contributed by atoms with Gasteiger partial charge in [-0.25, -0.2) is 0 Å². The van der Waals surface area contributed by atoms with Gasteiger partial charge in [-0.15, -0.1) is 0 Å². The highest BCUT2D eigenvalue weighted by Gasteiger charge is 2.07. The molecule has 2 atom stereocenters. The van der Waals surface area contributed by atoms with Crippen molar-refractivity contribution < 1.29 is 4.21 Å². The summed E-state index contributed by atoms with van der Waals surface area (Å²) in [5.74, 6) is 0.821. The monoisotopic (exact) mass is 163 g/mol. The van der Waals surface area contributed by atoms with E-state index in [-0.39, 0.29) is 5.25 Å². The first-order chi connectivity index (χ1) is 4.72. The molecule has 0 heterocycles. The van der Waals surface area contributed by atoms with E-state index < -0.39 is 10.8 Å². The molecule has 3 heteroatoms. The van der Waals surface area contributed by atoms with Crippen LogP contribution in [0, 0.1) is 0 Å². The van der Waals surface area contributed by atoms with E-state index in [9.17, 15) is 4.21 Å². The number of hydrogen-bond donors (Lipinski definition) is 1. The minimum Gasteiger partial charge on any atom is -0.330 e. The van der Waals surface area contributed by atoms with Crippen LogP contribution >= 0.6 is 0 Å². The molecule has 0 aliphatic carbocycles. The summed E-state index contributed by atoms with van der Waals surface area (Å²) >= 11 is 0. The van der Waals surface area contributed by atoms with Crippen LogP contribution in [0.4, 0.5) is 0 Å². The Balaban J connectivity index is 3.49. The summed E-state index contributed by atoms with van der Waals surface area (Å²) < 4.78 is 11.2. The maximum absolute atomic E-state index is 11.2. The van der Waals surface area contributed by atoms with Crippen LogP contribution in [-0.4, -0.2) is 21.8 Å². The van der Waals surface area contributed by atoms with E-state index >= 15 is 0 Å². The molecule has 0 aliphatic heterocycles. The predicted octanol–water partition coefficient (Wildman–Crippen LogP) is 0.882. The molecule has 0 aromatic heterocycles. The Kier molecular flexibility index (Phi) is 5.93. The summed E-state index contributed by atoms with van der Waals surface area (Å²) in [6, 6.07) is 0. The lowest BCUT2D eigenvalue weighted by atomic mass is 10.3. The average molecular weight is 163 g/mol. The maximum atomic E-state index is 11.2. The molecule has 62 valence electrons. The van der Waals surface area contributed by atoms with Gasteiger partial charge in [-0.3, -0.25) is 4.21 Å². The Morgan fingerprint density at radius 1 is 1.60 bits per heavy atom. The fraction of sp³-hybridized carbons (Fsp3) is 1.00. The first-order valence-electron chi connectivity index (χ1n) is 3.79. The summed E-state index contributed by atoms with van der Waals surface area (Å²) in [6.45, 7) is 4.70. The van der Waals surface area contributed by atoms with Crippen molar-refractivity contribution in [2.24, 2.45) is 5.73 Å². The molecule has 0 aromatic rings. The minimum atomic E-state index is -0.645. The Morgan fingerprint density at radius 2 is 2.20 bits per heavy atom. The largest absolute Gasteiger partial charge is 0.330 e. The van der Waals surface area contributed by atoms with Gasteiger partial charge in [0.2, 0.25) is 0 Å². The molecule has 2 nitrogen and oxygen atoms in total. The SMILES string of the molecule is CCCS(=O)C(C)CCN. The predicted molar refractivity (Wildman–Crippen MR) is 46.4 cm³/mol. The van der Waals surface area contributed by atoms with E-state index in [4.69, 9.17) is 5.73 Å².